The number of unbranched alkanes of at least 4 members (excludes halogenated alkanes) is 25. The van der Waals surface area contributed by atoms with Crippen molar-refractivity contribution in [3.05, 3.63) is 109 Å². The molecule has 0 saturated heterocycles. The van der Waals surface area contributed by atoms with Gasteiger partial charge in [0.2, 0.25) is 5.91 Å². The Morgan fingerprint density at radius 2 is 0.803 bits per heavy atom. The van der Waals surface area contributed by atoms with Crippen LogP contribution in [0.4, 0.5) is 0 Å². The van der Waals surface area contributed by atoms with Gasteiger partial charge in [0.1, 0.15) is 13.2 Å². The van der Waals surface area contributed by atoms with Crippen molar-refractivity contribution in [1.82, 2.24) is 5.32 Å². The summed E-state index contributed by atoms with van der Waals surface area (Å²) < 4.78 is 23.4. The number of aliphatic hydroxyl groups excluding tert-OH is 1. The minimum atomic E-state index is -4.58. The molecule has 0 aliphatic heterocycles. The van der Waals surface area contributed by atoms with Gasteiger partial charge in [-0.15, -0.1) is 0 Å². The maximum Gasteiger partial charge on any atom is 0.268 e. The van der Waals surface area contributed by atoms with Gasteiger partial charge >= 0.3 is 0 Å². The standard InChI is InChI=1S/C67H119N2O6P/c1-6-8-10-12-14-16-18-20-21-22-23-24-25-26-27-28-29-30-31-32-33-34-35-36-37-38-39-40-41-42-43-44-45-46-47-49-51-53-55-57-59-61-67(71)68-65(64-75-76(72,73)74-63-62-69(3,4)5)66(70)60-58-56-54-52-50-48-19-17-15-13-11-9-7-2/h8,10,14,16,20-21,23-24,26-27,29-30,32-33,35-36,38-39,65-66,70H,6-7,9,11-13,15,17-19,22,25,28,31,34,37,40-64H2,1-5H3,(H-,68,71,72,73)/b10-8-,16-14-,21-20-,24-23-,27-26-,30-29-,33-32-,36-35-,39-38-. The van der Waals surface area contributed by atoms with Crippen LogP contribution < -0.4 is 10.2 Å². The molecule has 0 saturated carbocycles. The van der Waals surface area contributed by atoms with E-state index in [4.69, 9.17) is 9.05 Å². The molecule has 3 unspecified atom stereocenters. The van der Waals surface area contributed by atoms with Crippen LogP contribution in [-0.4, -0.2) is 68.5 Å². The largest absolute Gasteiger partial charge is 0.756 e. The molecule has 0 aromatic carbocycles. The van der Waals surface area contributed by atoms with Crippen molar-refractivity contribution in [2.24, 2.45) is 0 Å². The summed E-state index contributed by atoms with van der Waals surface area (Å²) in [5.41, 5.74) is 0. The van der Waals surface area contributed by atoms with Gasteiger partial charge in [0.05, 0.1) is 39.9 Å². The number of phosphoric ester groups is 1. The smallest absolute Gasteiger partial charge is 0.268 e. The lowest BCUT2D eigenvalue weighted by Crippen LogP contribution is -2.46. The van der Waals surface area contributed by atoms with Crippen LogP contribution in [0.1, 0.15) is 258 Å². The number of carbonyl (C=O) groups is 1. The number of phosphoric acid groups is 1. The van der Waals surface area contributed by atoms with E-state index in [9.17, 15) is 19.4 Å². The maximum atomic E-state index is 13.0. The number of likely N-dealkylation sites (N-methyl/N-ethyl adjacent to an activating group) is 1. The number of aliphatic hydroxyl groups is 1. The van der Waals surface area contributed by atoms with Gasteiger partial charge in [0.25, 0.3) is 7.82 Å². The van der Waals surface area contributed by atoms with E-state index in [-0.39, 0.29) is 19.1 Å². The Bertz CT molecular complexity index is 1600. The fourth-order valence-corrected chi connectivity index (χ4v) is 9.40. The van der Waals surface area contributed by atoms with E-state index in [1.807, 2.05) is 21.1 Å². The topological polar surface area (TPSA) is 108 Å². The highest BCUT2D eigenvalue weighted by Gasteiger charge is 2.24. The Morgan fingerprint density at radius 3 is 1.17 bits per heavy atom. The van der Waals surface area contributed by atoms with Crippen LogP contribution in [0.15, 0.2) is 109 Å². The Hall–Kier alpha value is -2.84. The van der Waals surface area contributed by atoms with Gasteiger partial charge in [-0.05, 0) is 83.5 Å². The fourth-order valence-electron chi connectivity index (χ4n) is 8.68. The summed E-state index contributed by atoms with van der Waals surface area (Å²) in [6.07, 6.45) is 82.8. The van der Waals surface area contributed by atoms with E-state index in [1.165, 1.54) is 135 Å². The third-order valence-corrected chi connectivity index (χ3v) is 14.5. The summed E-state index contributed by atoms with van der Waals surface area (Å²) in [6, 6.07) is -0.806. The van der Waals surface area contributed by atoms with Crippen molar-refractivity contribution in [2.45, 2.75) is 270 Å². The van der Waals surface area contributed by atoms with E-state index in [0.29, 0.717) is 23.9 Å². The van der Waals surface area contributed by atoms with Crippen LogP contribution >= 0.6 is 7.82 Å². The molecule has 0 bridgehead atoms. The van der Waals surface area contributed by atoms with Crippen molar-refractivity contribution in [3.8, 4) is 0 Å². The average Bonchev–Trinajstić information content (AvgIpc) is 3.38. The third-order valence-electron chi connectivity index (χ3n) is 13.5. The van der Waals surface area contributed by atoms with Gasteiger partial charge < -0.3 is 28.8 Å². The zero-order chi connectivity index (χ0) is 55.6. The summed E-state index contributed by atoms with van der Waals surface area (Å²) >= 11 is 0. The lowest BCUT2D eigenvalue weighted by molar-refractivity contribution is -0.870. The second-order valence-corrected chi connectivity index (χ2v) is 23.4. The molecule has 0 rings (SSSR count). The molecule has 438 valence electrons. The zero-order valence-electron chi connectivity index (χ0n) is 49.9. The number of nitrogens with one attached hydrogen (secondary N) is 1. The quantitative estimate of drug-likeness (QED) is 0.0272. The molecule has 3 atom stereocenters. The minimum Gasteiger partial charge on any atom is -0.756 e. The predicted molar refractivity (Wildman–Crippen MR) is 329 cm³/mol. The number of hydrogen-bond acceptors (Lipinski definition) is 6. The monoisotopic (exact) mass is 1080 g/mol. The van der Waals surface area contributed by atoms with Crippen LogP contribution in [0.3, 0.4) is 0 Å². The number of allylic oxidation sites excluding steroid dienone is 18. The van der Waals surface area contributed by atoms with Gasteiger partial charge in [0, 0.05) is 6.42 Å². The van der Waals surface area contributed by atoms with E-state index in [2.05, 4.69) is 129 Å². The molecule has 9 heteroatoms. The highest BCUT2D eigenvalue weighted by Crippen LogP contribution is 2.38. The van der Waals surface area contributed by atoms with Gasteiger partial charge in [-0.25, -0.2) is 0 Å². The summed E-state index contributed by atoms with van der Waals surface area (Å²) in [5, 5.41) is 14.0. The normalized spacial score (nSPS) is 14.6. The molecule has 2 N–H and O–H groups in total. The van der Waals surface area contributed by atoms with Crippen molar-refractivity contribution in [3.63, 3.8) is 0 Å². The summed E-state index contributed by atoms with van der Waals surface area (Å²) in [4.78, 5) is 25.5. The highest BCUT2D eigenvalue weighted by molar-refractivity contribution is 7.45. The number of carbonyl (C=O) groups excluding carboxylic acids is 1. The van der Waals surface area contributed by atoms with Crippen LogP contribution in [0.5, 0.6) is 0 Å². The van der Waals surface area contributed by atoms with Gasteiger partial charge in [-0.2, -0.15) is 0 Å². The lowest BCUT2D eigenvalue weighted by atomic mass is 10.0. The lowest BCUT2D eigenvalue weighted by Gasteiger charge is -2.30. The molecule has 0 fully saturated rings. The minimum absolute atomic E-state index is 0.00868. The van der Waals surface area contributed by atoms with E-state index in [1.54, 1.807) is 0 Å². The third kappa shape index (κ3) is 58.8. The maximum absolute atomic E-state index is 13.0. The molecule has 0 spiro atoms. The Kier molecular flexibility index (Phi) is 54.7. The molecule has 0 heterocycles. The van der Waals surface area contributed by atoms with Crippen molar-refractivity contribution < 1.29 is 32.9 Å². The first kappa shape index (κ1) is 73.2. The molecule has 0 aromatic rings. The van der Waals surface area contributed by atoms with E-state index in [0.717, 1.165) is 96.3 Å². The first-order valence-corrected chi connectivity index (χ1v) is 32.7. The Balaban J connectivity index is 3.99. The number of amides is 1. The first-order chi connectivity index (χ1) is 37.0. The molecule has 76 heavy (non-hydrogen) atoms. The molecule has 1 amide bonds. The highest BCUT2D eigenvalue weighted by atomic mass is 31.2. The summed E-state index contributed by atoms with van der Waals surface area (Å²) in [7, 11) is 1.30. The van der Waals surface area contributed by atoms with Gasteiger partial charge in [0.15, 0.2) is 0 Å². The van der Waals surface area contributed by atoms with Crippen LogP contribution in [-0.2, 0) is 18.4 Å². The second kappa shape index (κ2) is 56.9. The number of quaternary nitrogens is 1. The van der Waals surface area contributed by atoms with E-state index >= 15 is 0 Å². The Morgan fingerprint density at radius 1 is 0.474 bits per heavy atom. The predicted octanol–water partition coefficient (Wildman–Crippen LogP) is 18.9. The average molecular weight is 1080 g/mol. The molecule has 0 aliphatic rings. The molecular weight excluding hydrogens is 960 g/mol. The van der Waals surface area contributed by atoms with Crippen LogP contribution in [0.2, 0.25) is 0 Å². The van der Waals surface area contributed by atoms with Crippen molar-refractivity contribution >= 4 is 13.7 Å². The number of rotatable bonds is 56. The van der Waals surface area contributed by atoms with E-state index < -0.39 is 20.0 Å². The van der Waals surface area contributed by atoms with Crippen molar-refractivity contribution in [2.75, 3.05) is 40.9 Å². The SMILES string of the molecule is CC/C=C\C/C=C\C/C=C\C/C=C\C/C=C\C/C=C\C/C=C\C/C=C\C/C=C\CCCCCCCCCCCCCCCC(=O)NC(COP(=O)([O-])OCC[N+](C)(C)C)C(O)CCCCCCCCCCCCCCC. The molecule has 0 aromatic heterocycles. The molecule has 8 nitrogen and oxygen atoms in total. The van der Waals surface area contributed by atoms with Crippen molar-refractivity contribution in [1.29, 1.82) is 0 Å². The first-order valence-electron chi connectivity index (χ1n) is 31.2. The number of hydrogen-bond donors (Lipinski definition) is 2. The molecular formula is C67H119N2O6P. The van der Waals surface area contributed by atoms with Gasteiger partial charge in [-0.3, -0.25) is 9.36 Å². The molecule has 0 aliphatic carbocycles. The second-order valence-electron chi connectivity index (χ2n) is 22.0. The summed E-state index contributed by atoms with van der Waals surface area (Å²) in [6.45, 7) is 4.60. The zero-order valence-corrected chi connectivity index (χ0v) is 50.8. The molecule has 0 radical (unpaired) electrons. The number of nitrogens with zero attached hydrogens (tertiary/aromatic N) is 1. The van der Waals surface area contributed by atoms with Gasteiger partial charge in [-0.1, -0.05) is 277 Å². The Labute approximate surface area is 470 Å². The fraction of sp³-hybridized carbons (Fsp3) is 0.716. The van der Waals surface area contributed by atoms with Crippen LogP contribution in [0.25, 0.3) is 0 Å². The van der Waals surface area contributed by atoms with Crippen LogP contribution in [0, 0.1) is 0 Å². The summed E-state index contributed by atoms with van der Waals surface area (Å²) in [5.74, 6) is -0.169.